The van der Waals surface area contributed by atoms with Crippen molar-refractivity contribution in [3.05, 3.63) is 0 Å². The lowest BCUT2D eigenvalue weighted by Gasteiger charge is -2.50. The third-order valence-electron chi connectivity index (χ3n) is 3.44. The van der Waals surface area contributed by atoms with Crippen LogP contribution in [0, 0.1) is 0 Å². The highest BCUT2D eigenvalue weighted by atomic mass is 16.5. The number of nitrogens with zero attached hydrogens (tertiary/aromatic N) is 2. The third kappa shape index (κ3) is 2.27. The van der Waals surface area contributed by atoms with Crippen LogP contribution in [0.2, 0.25) is 0 Å². The van der Waals surface area contributed by atoms with Crippen LogP contribution >= 0.6 is 0 Å². The molecule has 0 amide bonds. The summed E-state index contributed by atoms with van der Waals surface area (Å²) >= 11 is 0. The Bertz CT molecular complexity index is 165. The standard InChI is InChI=1S/C11H24N2O/c1-5-12(4)11(9-14-10-11)8-13(6-2)7-3/h5-10H2,1-4H3. The van der Waals surface area contributed by atoms with Gasteiger partial charge in [-0.05, 0) is 26.7 Å². The first-order valence-electron chi connectivity index (χ1n) is 5.70. The van der Waals surface area contributed by atoms with Crippen molar-refractivity contribution in [1.29, 1.82) is 0 Å². The van der Waals surface area contributed by atoms with Crippen molar-refractivity contribution < 1.29 is 4.74 Å². The van der Waals surface area contributed by atoms with Gasteiger partial charge in [0.05, 0.1) is 18.8 Å². The second-order valence-corrected chi connectivity index (χ2v) is 4.19. The molecule has 1 saturated heterocycles. The molecule has 0 aromatic rings. The zero-order valence-corrected chi connectivity index (χ0v) is 10.0. The van der Waals surface area contributed by atoms with Crippen molar-refractivity contribution in [2.75, 3.05) is 46.4 Å². The molecule has 14 heavy (non-hydrogen) atoms. The minimum absolute atomic E-state index is 0.292. The van der Waals surface area contributed by atoms with Gasteiger partial charge in [-0.25, -0.2) is 0 Å². The molecule has 0 aromatic carbocycles. The summed E-state index contributed by atoms with van der Waals surface area (Å²) < 4.78 is 5.38. The molecule has 1 fully saturated rings. The fourth-order valence-electron chi connectivity index (χ4n) is 1.97. The normalized spacial score (nSPS) is 20.1. The maximum Gasteiger partial charge on any atom is 0.0804 e. The topological polar surface area (TPSA) is 15.7 Å². The summed E-state index contributed by atoms with van der Waals surface area (Å²) in [6.07, 6.45) is 0. The van der Waals surface area contributed by atoms with Crippen LogP contribution in [-0.2, 0) is 4.74 Å². The maximum atomic E-state index is 5.38. The van der Waals surface area contributed by atoms with Crippen LogP contribution in [0.15, 0.2) is 0 Å². The molecule has 1 aliphatic heterocycles. The van der Waals surface area contributed by atoms with Gasteiger partial charge in [0.25, 0.3) is 0 Å². The van der Waals surface area contributed by atoms with E-state index in [1.54, 1.807) is 0 Å². The van der Waals surface area contributed by atoms with Crippen LogP contribution in [0.1, 0.15) is 20.8 Å². The number of ether oxygens (including phenoxy) is 1. The Morgan fingerprint density at radius 2 is 1.64 bits per heavy atom. The zero-order chi connectivity index (χ0) is 10.6. The lowest BCUT2D eigenvalue weighted by atomic mass is 9.94. The van der Waals surface area contributed by atoms with Gasteiger partial charge in [-0.3, -0.25) is 4.90 Å². The van der Waals surface area contributed by atoms with Gasteiger partial charge >= 0.3 is 0 Å². The van der Waals surface area contributed by atoms with E-state index in [4.69, 9.17) is 4.74 Å². The fraction of sp³-hybridized carbons (Fsp3) is 1.00. The van der Waals surface area contributed by atoms with Crippen molar-refractivity contribution >= 4 is 0 Å². The number of hydrogen-bond donors (Lipinski definition) is 0. The fourth-order valence-corrected chi connectivity index (χ4v) is 1.97. The van der Waals surface area contributed by atoms with E-state index in [-0.39, 0.29) is 0 Å². The second kappa shape index (κ2) is 5.10. The van der Waals surface area contributed by atoms with Crippen LogP contribution in [0.4, 0.5) is 0 Å². The quantitative estimate of drug-likeness (QED) is 0.637. The summed E-state index contributed by atoms with van der Waals surface area (Å²) in [5.74, 6) is 0. The van der Waals surface area contributed by atoms with E-state index in [1.165, 1.54) is 0 Å². The van der Waals surface area contributed by atoms with Crippen molar-refractivity contribution in [3.8, 4) is 0 Å². The molecule has 1 aliphatic rings. The predicted octanol–water partition coefficient (Wildman–Crippen LogP) is 1.05. The Morgan fingerprint density at radius 1 is 1.07 bits per heavy atom. The Morgan fingerprint density at radius 3 is 1.93 bits per heavy atom. The summed E-state index contributed by atoms with van der Waals surface area (Å²) in [5, 5.41) is 0. The van der Waals surface area contributed by atoms with Gasteiger partial charge in [0, 0.05) is 6.54 Å². The van der Waals surface area contributed by atoms with E-state index in [0.717, 1.165) is 39.4 Å². The largest absolute Gasteiger partial charge is 0.377 e. The van der Waals surface area contributed by atoms with Gasteiger partial charge in [-0.2, -0.15) is 0 Å². The molecule has 0 bridgehead atoms. The van der Waals surface area contributed by atoms with E-state index in [1.807, 2.05) is 0 Å². The summed E-state index contributed by atoms with van der Waals surface area (Å²) in [5.41, 5.74) is 0.292. The molecule has 0 unspecified atom stereocenters. The average molecular weight is 200 g/mol. The molecular weight excluding hydrogens is 176 g/mol. The minimum Gasteiger partial charge on any atom is -0.377 e. The molecule has 3 nitrogen and oxygen atoms in total. The highest BCUT2D eigenvalue weighted by Gasteiger charge is 2.42. The van der Waals surface area contributed by atoms with Crippen LogP contribution in [0.25, 0.3) is 0 Å². The average Bonchev–Trinajstić information content (AvgIpc) is 2.16. The molecule has 0 spiro atoms. The van der Waals surface area contributed by atoms with Crippen molar-refractivity contribution in [3.63, 3.8) is 0 Å². The lowest BCUT2D eigenvalue weighted by Crippen LogP contribution is -2.66. The van der Waals surface area contributed by atoms with Gasteiger partial charge < -0.3 is 9.64 Å². The van der Waals surface area contributed by atoms with Gasteiger partial charge in [0.15, 0.2) is 0 Å². The SMILES string of the molecule is CCN(CC)CC1(N(C)CC)COC1. The molecular formula is C11H24N2O. The molecule has 0 atom stereocenters. The summed E-state index contributed by atoms with van der Waals surface area (Å²) in [6.45, 7) is 13.0. The van der Waals surface area contributed by atoms with Gasteiger partial charge in [-0.1, -0.05) is 20.8 Å². The van der Waals surface area contributed by atoms with Gasteiger partial charge in [0.2, 0.25) is 0 Å². The van der Waals surface area contributed by atoms with Crippen molar-refractivity contribution in [2.24, 2.45) is 0 Å². The van der Waals surface area contributed by atoms with E-state index in [2.05, 4.69) is 37.6 Å². The summed E-state index contributed by atoms with van der Waals surface area (Å²) in [4.78, 5) is 4.91. The zero-order valence-electron chi connectivity index (χ0n) is 10.0. The number of hydrogen-bond acceptors (Lipinski definition) is 3. The first kappa shape index (κ1) is 12.0. The molecule has 0 radical (unpaired) electrons. The summed E-state index contributed by atoms with van der Waals surface area (Å²) in [6, 6.07) is 0. The molecule has 0 aliphatic carbocycles. The van der Waals surface area contributed by atoms with Gasteiger partial charge in [0.1, 0.15) is 0 Å². The summed E-state index contributed by atoms with van der Waals surface area (Å²) in [7, 11) is 2.20. The highest BCUT2D eigenvalue weighted by molar-refractivity contribution is 4.97. The first-order chi connectivity index (χ1) is 6.68. The third-order valence-corrected chi connectivity index (χ3v) is 3.44. The Hall–Kier alpha value is -0.120. The first-order valence-corrected chi connectivity index (χ1v) is 5.70. The minimum atomic E-state index is 0.292. The molecule has 84 valence electrons. The highest BCUT2D eigenvalue weighted by Crippen LogP contribution is 2.24. The van der Waals surface area contributed by atoms with Gasteiger partial charge in [-0.15, -0.1) is 0 Å². The number of likely N-dealkylation sites (N-methyl/N-ethyl adjacent to an activating group) is 2. The van der Waals surface area contributed by atoms with Crippen LogP contribution in [-0.4, -0.2) is 61.8 Å². The van der Waals surface area contributed by atoms with Crippen LogP contribution in [0.3, 0.4) is 0 Å². The van der Waals surface area contributed by atoms with Crippen LogP contribution < -0.4 is 0 Å². The van der Waals surface area contributed by atoms with E-state index < -0.39 is 0 Å². The van der Waals surface area contributed by atoms with Crippen LogP contribution in [0.5, 0.6) is 0 Å². The number of rotatable bonds is 6. The molecule has 1 heterocycles. The molecule has 1 rings (SSSR count). The Labute approximate surface area is 88.0 Å². The smallest absolute Gasteiger partial charge is 0.0804 e. The predicted molar refractivity (Wildman–Crippen MR) is 59.6 cm³/mol. The lowest BCUT2D eigenvalue weighted by molar-refractivity contribution is -0.141. The maximum absolute atomic E-state index is 5.38. The van der Waals surface area contributed by atoms with Crippen molar-refractivity contribution in [1.82, 2.24) is 9.80 Å². The Balaban J connectivity index is 2.52. The molecule has 0 aromatic heterocycles. The molecule has 0 saturated carbocycles. The van der Waals surface area contributed by atoms with E-state index >= 15 is 0 Å². The molecule has 3 heteroatoms. The van der Waals surface area contributed by atoms with E-state index in [0.29, 0.717) is 5.54 Å². The second-order valence-electron chi connectivity index (χ2n) is 4.19. The Kier molecular flexibility index (Phi) is 4.35. The monoisotopic (exact) mass is 200 g/mol. The van der Waals surface area contributed by atoms with E-state index in [9.17, 15) is 0 Å². The molecule has 0 N–H and O–H groups in total. The van der Waals surface area contributed by atoms with Crippen molar-refractivity contribution in [2.45, 2.75) is 26.3 Å².